The number of aliphatic hydroxyl groups excluding tert-OH is 1. The number of aliphatic hydroxyl groups is 1. The Kier molecular flexibility index (Phi) is 4.24. The quantitative estimate of drug-likeness (QED) is 0.855. The predicted octanol–water partition coefficient (Wildman–Crippen LogP) is 3.98. The molecular formula is C15H13BrClNO3. The van der Waals surface area contributed by atoms with Crippen LogP contribution in [0, 0.1) is 0 Å². The second-order valence-corrected chi connectivity index (χ2v) is 5.95. The highest BCUT2D eigenvalue weighted by Gasteiger charge is 2.21. The van der Waals surface area contributed by atoms with Crippen molar-refractivity contribution in [2.45, 2.75) is 6.04 Å². The number of fused-ring (bicyclic) bond motifs is 1. The maximum atomic E-state index is 9.66. The first-order valence-corrected chi connectivity index (χ1v) is 7.56. The number of hydrogen-bond acceptors (Lipinski definition) is 4. The fourth-order valence-electron chi connectivity index (χ4n) is 2.20. The van der Waals surface area contributed by atoms with Crippen LogP contribution in [0.2, 0.25) is 5.02 Å². The molecule has 2 aromatic carbocycles. The van der Waals surface area contributed by atoms with Crippen LogP contribution in [0.3, 0.4) is 0 Å². The lowest BCUT2D eigenvalue weighted by Crippen LogP contribution is -2.14. The summed E-state index contributed by atoms with van der Waals surface area (Å²) in [4.78, 5) is 0. The van der Waals surface area contributed by atoms with E-state index in [1.165, 1.54) is 0 Å². The maximum Gasteiger partial charge on any atom is 0.231 e. The van der Waals surface area contributed by atoms with Crippen molar-refractivity contribution in [1.29, 1.82) is 0 Å². The van der Waals surface area contributed by atoms with Gasteiger partial charge in [0.25, 0.3) is 0 Å². The summed E-state index contributed by atoms with van der Waals surface area (Å²) in [5.74, 6) is 1.16. The third-order valence-corrected chi connectivity index (χ3v) is 3.97. The van der Waals surface area contributed by atoms with Crippen LogP contribution in [0.15, 0.2) is 40.9 Å². The molecule has 21 heavy (non-hydrogen) atoms. The molecule has 0 saturated heterocycles. The van der Waals surface area contributed by atoms with Crippen molar-refractivity contribution >= 4 is 33.2 Å². The SMILES string of the molecule is OCC(Nc1cccc(Br)c1)c1cc(Cl)c2c(c1)OCO2. The van der Waals surface area contributed by atoms with Gasteiger partial charge >= 0.3 is 0 Å². The number of rotatable bonds is 4. The van der Waals surface area contributed by atoms with Crippen LogP contribution in [0.25, 0.3) is 0 Å². The van der Waals surface area contributed by atoms with Crippen LogP contribution in [-0.2, 0) is 0 Å². The van der Waals surface area contributed by atoms with Crippen molar-refractivity contribution in [3.05, 3.63) is 51.5 Å². The zero-order chi connectivity index (χ0) is 14.8. The van der Waals surface area contributed by atoms with E-state index < -0.39 is 0 Å². The topological polar surface area (TPSA) is 50.7 Å². The average molecular weight is 371 g/mol. The molecule has 0 aliphatic carbocycles. The lowest BCUT2D eigenvalue weighted by Gasteiger charge is -2.19. The third-order valence-electron chi connectivity index (χ3n) is 3.20. The number of hydrogen-bond donors (Lipinski definition) is 2. The van der Waals surface area contributed by atoms with Crippen molar-refractivity contribution in [2.24, 2.45) is 0 Å². The maximum absolute atomic E-state index is 9.66. The fraction of sp³-hybridized carbons (Fsp3) is 0.200. The molecule has 1 atom stereocenters. The molecule has 1 unspecified atom stereocenters. The number of benzene rings is 2. The summed E-state index contributed by atoms with van der Waals surface area (Å²) in [6.45, 7) is 0.101. The van der Waals surface area contributed by atoms with Gasteiger partial charge in [-0.25, -0.2) is 0 Å². The molecule has 2 aromatic rings. The normalized spacial score (nSPS) is 14.0. The monoisotopic (exact) mass is 369 g/mol. The molecular weight excluding hydrogens is 358 g/mol. The summed E-state index contributed by atoms with van der Waals surface area (Å²) in [6.07, 6.45) is 0. The van der Waals surface area contributed by atoms with Crippen LogP contribution in [0.1, 0.15) is 11.6 Å². The Bertz CT molecular complexity index is 665. The standard InChI is InChI=1S/C15H13BrClNO3/c16-10-2-1-3-11(6-10)18-13(7-19)9-4-12(17)15-14(5-9)20-8-21-15/h1-6,13,18-19H,7-8H2. The highest BCUT2D eigenvalue weighted by atomic mass is 79.9. The molecule has 3 rings (SSSR count). The molecule has 0 radical (unpaired) electrons. The Hall–Kier alpha value is -1.43. The largest absolute Gasteiger partial charge is 0.454 e. The minimum absolute atomic E-state index is 0.0670. The van der Waals surface area contributed by atoms with Gasteiger partial charge in [-0.1, -0.05) is 33.6 Å². The molecule has 0 saturated carbocycles. The van der Waals surface area contributed by atoms with Crippen LogP contribution >= 0.6 is 27.5 Å². The van der Waals surface area contributed by atoms with Gasteiger partial charge in [0.05, 0.1) is 17.7 Å². The van der Waals surface area contributed by atoms with Crippen molar-refractivity contribution in [3.8, 4) is 11.5 Å². The Labute approximate surface area is 135 Å². The van der Waals surface area contributed by atoms with E-state index in [4.69, 9.17) is 21.1 Å². The first-order valence-electron chi connectivity index (χ1n) is 6.39. The van der Waals surface area contributed by atoms with Gasteiger partial charge in [0, 0.05) is 10.2 Å². The molecule has 0 bridgehead atoms. The van der Waals surface area contributed by atoms with Crippen LogP contribution in [-0.4, -0.2) is 18.5 Å². The number of halogens is 2. The van der Waals surface area contributed by atoms with Gasteiger partial charge in [-0.15, -0.1) is 0 Å². The minimum atomic E-state index is -0.286. The van der Waals surface area contributed by atoms with Crippen molar-refractivity contribution in [2.75, 3.05) is 18.7 Å². The minimum Gasteiger partial charge on any atom is -0.454 e. The van der Waals surface area contributed by atoms with E-state index in [0.717, 1.165) is 15.7 Å². The second-order valence-electron chi connectivity index (χ2n) is 4.63. The Balaban J connectivity index is 1.88. The Morgan fingerprint density at radius 1 is 1.29 bits per heavy atom. The van der Waals surface area contributed by atoms with Gasteiger partial charge in [0.1, 0.15) is 0 Å². The zero-order valence-corrected chi connectivity index (χ0v) is 13.3. The first kappa shape index (κ1) is 14.5. The number of ether oxygens (including phenoxy) is 2. The highest BCUT2D eigenvalue weighted by molar-refractivity contribution is 9.10. The summed E-state index contributed by atoms with van der Waals surface area (Å²) in [5, 5.41) is 13.4. The first-order chi connectivity index (χ1) is 10.2. The van der Waals surface area contributed by atoms with E-state index in [-0.39, 0.29) is 19.4 Å². The van der Waals surface area contributed by atoms with Crippen LogP contribution in [0.5, 0.6) is 11.5 Å². The van der Waals surface area contributed by atoms with Gasteiger partial charge in [0.2, 0.25) is 6.79 Å². The fourth-order valence-corrected chi connectivity index (χ4v) is 2.88. The third kappa shape index (κ3) is 3.10. The van der Waals surface area contributed by atoms with E-state index >= 15 is 0 Å². The highest BCUT2D eigenvalue weighted by Crippen LogP contribution is 2.41. The van der Waals surface area contributed by atoms with Gasteiger partial charge in [-0.05, 0) is 35.9 Å². The Morgan fingerprint density at radius 2 is 2.14 bits per heavy atom. The summed E-state index contributed by atoms with van der Waals surface area (Å²) < 4.78 is 11.6. The van der Waals surface area contributed by atoms with Gasteiger partial charge in [-0.2, -0.15) is 0 Å². The van der Waals surface area contributed by atoms with Gasteiger partial charge in [-0.3, -0.25) is 0 Å². The molecule has 0 aromatic heterocycles. The average Bonchev–Trinajstić information content (AvgIpc) is 2.93. The van der Waals surface area contributed by atoms with Crippen LogP contribution < -0.4 is 14.8 Å². The number of nitrogens with one attached hydrogen (secondary N) is 1. The molecule has 0 spiro atoms. The molecule has 1 aliphatic heterocycles. The van der Waals surface area contributed by atoms with E-state index in [1.54, 1.807) is 6.07 Å². The number of anilines is 1. The smallest absolute Gasteiger partial charge is 0.231 e. The molecule has 4 nitrogen and oxygen atoms in total. The molecule has 6 heteroatoms. The van der Waals surface area contributed by atoms with Gasteiger partial charge < -0.3 is 19.9 Å². The summed E-state index contributed by atoms with van der Waals surface area (Å²) in [5.41, 5.74) is 1.74. The van der Waals surface area contributed by atoms with Crippen molar-refractivity contribution < 1.29 is 14.6 Å². The lowest BCUT2D eigenvalue weighted by atomic mass is 10.1. The van der Waals surface area contributed by atoms with Gasteiger partial charge in [0.15, 0.2) is 11.5 Å². The summed E-state index contributed by atoms with van der Waals surface area (Å²) >= 11 is 9.60. The van der Waals surface area contributed by atoms with Crippen molar-refractivity contribution in [1.82, 2.24) is 0 Å². The van der Waals surface area contributed by atoms with E-state index in [1.807, 2.05) is 30.3 Å². The predicted molar refractivity (Wildman–Crippen MR) is 85.2 cm³/mol. The van der Waals surface area contributed by atoms with E-state index in [2.05, 4.69) is 21.2 Å². The molecule has 2 N–H and O–H groups in total. The lowest BCUT2D eigenvalue weighted by molar-refractivity contribution is 0.174. The summed E-state index contributed by atoms with van der Waals surface area (Å²) in [6, 6.07) is 11.1. The molecule has 0 amide bonds. The molecule has 1 aliphatic rings. The zero-order valence-electron chi connectivity index (χ0n) is 11.0. The van der Waals surface area contributed by atoms with Crippen LogP contribution in [0.4, 0.5) is 5.69 Å². The van der Waals surface area contributed by atoms with E-state index in [0.29, 0.717) is 16.5 Å². The molecule has 0 fully saturated rings. The van der Waals surface area contributed by atoms with Crippen molar-refractivity contribution in [3.63, 3.8) is 0 Å². The molecule has 1 heterocycles. The summed E-state index contributed by atoms with van der Waals surface area (Å²) in [7, 11) is 0. The second kappa shape index (κ2) is 6.13. The Morgan fingerprint density at radius 3 is 2.90 bits per heavy atom. The van der Waals surface area contributed by atoms with E-state index in [9.17, 15) is 5.11 Å². The molecule has 110 valence electrons.